The van der Waals surface area contributed by atoms with E-state index >= 15 is 0 Å². The molecular weight excluding hydrogens is 502 g/mol. The lowest BCUT2D eigenvalue weighted by atomic mass is 9.99. The second-order valence-corrected chi connectivity index (χ2v) is 7.15. The number of esters is 1. The number of halogens is 2. The second-order valence-electron chi connectivity index (χ2n) is 7.15. The van der Waals surface area contributed by atoms with Gasteiger partial charge < -0.3 is 19.4 Å². The molecule has 1 aromatic carbocycles. The molecule has 7 nitrogen and oxygen atoms in total. The highest BCUT2D eigenvalue weighted by Crippen LogP contribution is 2.24. The Morgan fingerprint density at radius 2 is 2.10 bits per heavy atom. The molecule has 0 amide bonds. The Kier molecular flexibility index (Phi) is 9.07. The van der Waals surface area contributed by atoms with E-state index in [9.17, 15) is 9.18 Å². The average Bonchev–Trinajstić information content (AvgIpc) is 3.34. The predicted molar refractivity (Wildman–Crippen MR) is 123 cm³/mol. The smallest absolute Gasteiger partial charge is 0.310 e. The minimum atomic E-state index is -0.295. The zero-order valence-electron chi connectivity index (χ0n) is 17.4. The van der Waals surface area contributed by atoms with Gasteiger partial charge in [-0.25, -0.2) is 9.37 Å². The molecule has 2 unspecified atom stereocenters. The van der Waals surface area contributed by atoms with Gasteiger partial charge in [-0.05, 0) is 37.1 Å². The van der Waals surface area contributed by atoms with Crippen molar-refractivity contribution in [3.63, 3.8) is 0 Å². The number of methoxy groups -OCH3 is 1. The topological polar surface area (TPSA) is 80.0 Å². The van der Waals surface area contributed by atoms with Crippen molar-refractivity contribution in [2.24, 2.45) is 16.8 Å². The van der Waals surface area contributed by atoms with Crippen LogP contribution in [0.2, 0.25) is 0 Å². The Balaban J connectivity index is 0.00000320. The standard InChI is InChI=1S/C21H27FN4O3.HI/c1-4-23-21(26-11-14(2)18(12-26)20(27)28-3)24-10-9-17-13-29-19(25-17)15-5-7-16(22)8-6-15;/h5-8,13-14,18H,4,9-12H2,1-3H3,(H,23,24);1H. The highest BCUT2D eigenvalue weighted by molar-refractivity contribution is 14.0. The van der Waals surface area contributed by atoms with Crippen LogP contribution in [0.15, 0.2) is 39.9 Å². The number of aromatic nitrogens is 1. The van der Waals surface area contributed by atoms with Crippen molar-refractivity contribution in [1.29, 1.82) is 0 Å². The molecule has 1 saturated heterocycles. The molecule has 164 valence electrons. The normalized spacial score (nSPS) is 18.8. The number of rotatable bonds is 6. The maximum atomic E-state index is 13.1. The van der Waals surface area contributed by atoms with Gasteiger partial charge in [0, 0.05) is 38.2 Å². The molecule has 30 heavy (non-hydrogen) atoms. The number of likely N-dealkylation sites (tertiary alicyclic amines) is 1. The van der Waals surface area contributed by atoms with Crippen LogP contribution in [-0.2, 0) is 16.0 Å². The van der Waals surface area contributed by atoms with E-state index in [0.717, 1.165) is 30.3 Å². The van der Waals surface area contributed by atoms with Gasteiger partial charge in [-0.3, -0.25) is 9.79 Å². The largest absolute Gasteiger partial charge is 0.469 e. The molecule has 9 heteroatoms. The van der Waals surface area contributed by atoms with E-state index in [1.807, 2.05) is 6.92 Å². The van der Waals surface area contributed by atoms with Gasteiger partial charge >= 0.3 is 5.97 Å². The number of benzene rings is 1. The number of hydrogen-bond acceptors (Lipinski definition) is 5. The summed E-state index contributed by atoms with van der Waals surface area (Å²) in [4.78, 5) is 23.2. The summed E-state index contributed by atoms with van der Waals surface area (Å²) in [5.74, 6) is 0.846. The summed E-state index contributed by atoms with van der Waals surface area (Å²) in [7, 11) is 1.43. The minimum absolute atomic E-state index is 0. The van der Waals surface area contributed by atoms with Gasteiger partial charge in [-0.15, -0.1) is 24.0 Å². The van der Waals surface area contributed by atoms with E-state index in [1.165, 1.54) is 19.2 Å². The minimum Gasteiger partial charge on any atom is -0.469 e. The molecule has 3 rings (SSSR count). The molecule has 1 aliphatic rings. The van der Waals surface area contributed by atoms with E-state index in [4.69, 9.17) is 9.15 Å². The SMILES string of the molecule is CCNC(=NCCc1coc(-c2ccc(F)cc2)n1)N1CC(C)C(C(=O)OC)C1.I. The first kappa shape index (κ1) is 24.1. The summed E-state index contributed by atoms with van der Waals surface area (Å²) < 4.78 is 23.5. The number of carbonyl (C=O) groups is 1. The molecule has 0 radical (unpaired) electrons. The molecule has 0 spiro atoms. The third-order valence-electron chi connectivity index (χ3n) is 5.02. The first-order chi connectivity index (χ1) is 14.0. The first-order valence-corrected chi connectivity index (χ1v) is 9.83. The summed E-state index contributed by atoms with van der Waals surface area (Å²) in [5.41, 5.74) is 1.51. The third kappa shape index (κ3) is 5.93. The summed E-state index contributed by atoms with van der Waals surface area (Å²) >= 11 is 0. The molecular formula is C21H28FIN4O3. The van der Waals surface area contributed by atoms with Gasteiger partial charge in [0.15, 0.2) is 5.96 Å². The van der Waals surface area contributed by atoms with Crippen LogP contribution >= 0.6 is 24.0 Å². The van der Waals surface area contributed by atoms with Crippen LogP contribution in [0.4, 0.5) is 4.39 Å². The van der Waals surface area contributed by atoms with Crippen LogP contribution in [0.25, 0.3) is 11.5 Å². The van der Waals surface area contributed by atoms with Crippen LogP contribution in [0.1, 0.15) is 19.5 Å². The zero-order chi connectivity index (χ0) is 20.8. The molecule has 1 aliphatic heterocycles. The van der Waals surface area contributed by atoms with Crippen molar-refractivity contribution in [3.8, 4) is 11.5 Å². The van der Waals surface area contributed by atoms with Crippen LogP contribution in [0.3, 0.4) is 0 Å². The third-order valence-corrected chi connectivity index (χ3v) is 5.02. The van der Waals surface area contributed by atoms with Crippen LogP contribution in [-0.4, -0.2) is 55.1 Å². The predicted octanol–water partition coefficient (Wildman–Crippen LogP) is 3.35. The molecule has 0 saturated carbocycles. The Morgan fingerprint density at radius 1 is 1.37 bits per heavy atom. The monoisotopic (exact) mass is 530 g/mol. The maximum absolute atomic E-state index is 13.1. The lowest BCUT2D eigenvalue weighted by Crippen LogP contribution is -2.40. The van der Waals surface area contributed by atoms with E-state index in [1.54, 1.807) is 18.4 Å². The van der Waals surface area contributed by atoms with Gasteiger partial charge in [0.05, 0.1) is 18.7 Å². The van der Waals surface area contributed by atoms with Crippen molar-refractivity contribution >= 4 is 35.9 Å². The van der Waals surface area contributed by atoms with E-state index < -0.39 is 0 Å². The van der Waals surface area contributed by atoms with E-state index in [2.05, 4.69) is 27.1 Å². The number of nitrogens with zero attached hydrogens (tertiary/aromatic N) is 3. The molecule has 2 atom stereocenters. The highest BCUT2D eigenvalue weighted by Gasteiger charge is 2.36. The van der Waals surface area contributed by atoms with Crippen molar-refractivity contribution in [2.75, 3.05) is 33.3 Å². The number of carbonyl (C=O) groups excluding carboxylic acids is 1. The fourth-order valence-corrected chi connectivity index (χ4v) is 3.45. The summed E-state index contributed by atoms with van der Waals surface area (Å²) in [6.45, 7) is 6.69. The second kappa shape index (κ2) is 11.3. The Bertz CT molecular complexity index is 856. The lowest BCUT2D eigenvalue weighted by molar-refractivity contribution is -0.145. The van der Waals surface area contributed by atoms with Gasteiger partial charge in [0.25, 0.3) is 0 Å². The molecule has 0 bridgehead atoms. The molecule has 2 aromatic rings. The molecule has 1 fully saturated rings. The molecule has 1 N–H and O–H groups in total. The average molecular weight is 530 g/mol. The van der Waals surface area contributed by atoms with Crippen LogP contribution in [0, 0.1) is 17.7 Å². The fourth-order valence-electron chi connectivity index (χ4n) is 3.45. The summed E-state index contributed by atoms with van der Waals surface area (Å²) in [6, 6.07) is 6.03. The van der Waals surface area contributed by atoms with Crippen molar-refractivity contribution in [1.82, 2.24) is 15.2 Å². The van der Waals surface area contributed by atoms with Crippen LogP contribution in [0.5, 0.6) is 0 Å². The van der Waals surface area contributed by atoms with E-state index in [0.29, 0.717) is 25.4 Å². The Morgan fingerprint density at radius 3 is 2.77 bits per heavy atom. The number of oxazole rings is 1. The first-order valence-electron chi connectivity index (χ1n) is 9.83. The van der Waals surface area contributed by atoms with Gasteiger partial charge in [-0.2, -0.15) is 0 Å². The maximum Gasteiger partial charge on any atom is 0.310 e. The quantitative estimate of drug-likeness (QED) is 0.267. The fraction of sp³-hybridized carbons (Fsp3) is 0.476. The number of guanidine groups is 1. The molecule has 2 heterocycles. The number of nitrogens with one attached hydrogen (secondary N) is 1. The Labute approximate surface area is 193 Å². The van der Waals surface area contributed by atoms with Crippen molar-refractivity contribution < 1.29 is 18.3 Å². The zero-order valence-corrected chi connectivity index (χ0v) is 19.8. The number of hydrogen-bond donors (Lipinski definition) is 1. The summed E-state index contributed by atoms with van der Waals surface area (Å²) in [6.07, 6.45) is 2.22. The number of ether oxygens (including phenoxy) is 1. The van der Waals surface area contributed by atoms with Gasteiger partial charge in [0.1, 0.15) is 12.1 Å². The van der Waals surface area contributed by atoms with Crippen molar-refractivity contribution in [3.05, 3.63) is 42.0 Å². The Hall–Kier alpha value is -2.17. The van der Waals surface area contributed by atoms with Crippen LogP contribution < -0.4 is 5.32 Å². The van der Waals surface area contributed by atoms with Gasteiger partial charge in [0.2, 0.25) is 5.89 Å². The van der Waals surface area contributed by atoms with Crippen molar-refractivity contribution in [2.45, 2.75) is 20.3 Å². The highest BCUT2D eigenvalue weighted by atomic mass is 127. The summed E-state index contributed by atoms with van der Waals surface area (Å²) in [5, 5.41) is 3.29. The molecule has 0 aliphatic carbocycles. The molecule has 1 aromatic heterocycles. The lowest BCUT2D eigenvalue weighted by Gasteiger charge is -2.21. The van der Waals surface area contributed by atoms with Gasteiger partial charge in [-0.1, -0.05) is 6.92 Å². The van der Waals surface area contributed by atoms with E-state index in [-0.39, 0.29) is 47.6 Å². The number of aliphatic imine (C=N–C) groups is 1.